The van der Waals surface area contributed by atoms with Crippen molar-refractivity contribution in [3.63, 3.8) is 0 Å². The summed E-state index contributed by atoms with van der Waals surface area (Å²) in [5.74, 6) is 0.361. The molecule has 1 aliphatic carbocycles. The summed E-state index contributed by atoms with van der Waals surface area (Å²) in [5, 5.41) is 10.3. The van der Waals surface area contributed by atoms with Crippen LogP contribution in [-0.4, -0.2) is 5.78 Å². The molecule has 0 saturated heterocycles. The van der Waals surface area contributed by atoms with Crippen molar-refractivity contribution < 1.29 is 14.3 Å². The Balaban J connectivity index is 1.81. The van der Waals surface area contributed by atoms with Crippen LogP contribution >= 0.6 is 11.6 Å². The summed E-state index contributed by atoms with van der Waals surface area (Å²) in [6.07, 6.45) is 0.926. The Bertz CT molecular complexity index is 1140. The number of allylic oxidation sites excluding steroid dienone is 3. The topological polar surface area (TPSA) is 85.3 Å². The standard InChI is InChI=1S/C25H23ClN2O3/c1-25(2)11-19(29)23-21(12-25)31-24(28)18(13-27)22(23)17-10-16(26)8-9-20(17)30-14-15-6-4-3-5-7-15/h3-10,22H,11-12,14,28H2,1-2H3. The normalized spacial score (nSPS) is 20.1. The number of carbonyl (C=O) groups is 1. The molecular weight excluding hydrogens is 412 g/mol. The molecule has 2 aromatic rings. The molecule has 0 spiro atoms. The van der Waals surface area contributed by atoms with Crippen LogP contribution < -0.4 is 10.5 Å². The lowest BCUT2D eigenvalue weighted by Gasteiger charge is -2.37. The molecule has 31 heavy (non-hydrogen) atoms. The van der Waals surface area contributed by atoms with Crippen LogP contribution in [0.25, 0.3) is 0 Å². The number of benzene rings is 2. The molecule has 0 radical (unpaired) electrons. The van der Waals surface area contributed by atoms with E-state index in [9.17, 15) is 10.1 Å². The Morgan fingerprint density at radius 3 is 2.68 bits per heavy atom. The molecule has 158 valence electrons. The Morgan fingerprint density at radius 2 is 1.97 bits per heavy atom. The largest absolute Gasteiger partial charge is 0.489 e. The van der Waals surface area contributed by atoms with Crippen LogP contribution in [0, 0.1) is 16.7 Å². The van der Waals surface area contributed by atoms with E-state index in [1.54, 1.807) is 18.2 Å². The van der Waals surface area contributed by atoms with Gasteiger partial charge in [-0.1, -0.05) is 55.8 Å². The van der Waals surface area contributed by atoms with Gasteiger partial charge in [-0.05, 0) is 29.2 Å². The van der Waals surface area contributed by atoms with Gasteiger partial charge in [-0.15, -0.1) is 0 Å². The van der Waals surface area contributed by atoms with Gasteiger partial charge in [0.1, 0.15) is 29.8 Å². The van der Waals surface area contributed by atoms with Gasteiger partial charge in [0, 0.05) is 29.0 Å². The van der Waals surface area contributed by atoms with E-state index in [1.807, 2.05) is 44.2 Å². The first kappa shape index (κ1) is 21.0. The van der Waals surface area contributed by atoms with Crippen molar-refractivity contribution >= 4 is 17.4 Å². The molecule has 0 fully saturated rings. The number of carbonyl (C=O) groups excluding carboxylic acids is 1. The van der Waals surface area contributed by atoms with E-state index in [0.29, 0.717) is 47.1 Å². The number of ether oxygens (including phenoxy) is 2. The average molecular weight is 435 g/mol. The number of nitrogens with two attached hydrogens (primary N) is 1. The van der Waals surface area contributed by atoms with Crippen molar-refractivity contribution in [1.82, 2.24) is 0 Å². The number of hydrogen-bond donors (Lipinski definition) is 1. The molecule has 0 amide bonds. The summed E-state index contributed by atoms with van der Waals surface area (Å²) in [5.41, 5.74) is 8.18. The summed E-state index contributed by atoms with van der Waals surface area (Å²) < 4.78 is 11.9. The van der Waals surface area contributed by atoms with Gasteiger partial charge in [-0.2, -0.15) is 5.26 Å². The molecule has 1 unspecified atom stereocenters. The zero-order valence-corrected chi connectivity index (χ0v) is 18.2. The van der Waals surface area contributed by atoms with Crippen molar-refractivity contribution in [2.24, 2.45) is 11.1 Å². The van der Waals surface area contributed by atoms with Gasteiger partial charge in [0.05, 0.1) is 5.92 Å². The molecule has 4 rings (SSSR count). The molecule has 1 aliphatic heterocycles. The van der Waals surface area contributed by atoms with E-state index in [1.165, 1.54) is 0 Å². The first-order valence-electron chi connectivity index (χ1n) is 10.1. The van der Waals surface area contributed by atoms with Crippen molar-refractivity contribution in [3.05, 3.63) is 87.5 Å². The van der Waals surface area contributed by atoms with Crippen LogP contribution in [0.15, 0.2) is 71.3 Å². The van der Waals surface area contributed by atoms with E-state index >= 15 is 0 Å². The maximum absolute atomic E-state index is 13.2. The minimum absolute atomic E-state index is 0.0192. The van der Waals surface area contributed by atoms with Gasteiger partial charge >= 0.3 is 0 Å². The van der Waals surface area contributed by atoms with E-state index < -0.39 is 5.92 Å². The minimum atomic E-state index is -0.679. The SMILES string of the molecule is CC1(C)CC(=O)C2=C(C1)OC(N)=C(C#N)C2c1cc(Cl)ccc1OCc1ccccc1. The van der Waals surface area contributed by atoms with Crippen LogP contribution in [0.2, 0.25) is 5.02 Å². The molecule has 2 aliphatic rings. The lowest BCUT2D eigenvalue weighted by Crippen LogP contribution is -2.33. The maximum Gasteiger partial charge on any atom is 0.205 e. The predicted octanol–water partition coefficient (Wildman–Crippen LogP) is 5.37. The van der Waals surface area contributed by atoms with Gasteiger partial charge in [0.15, 0.2) is 5.78 Å². The van der Waals surface area contributed by atoms with Crippen LogP contribution in [0.4, 0.5) is 0 Å². The summed E-state index contributed by atoms with van der Waals surface area (Å²) in [6, 6.07) is 17.1. The molecule has 0 saturated carbocycles. The molecule has 5 nitrogen and oxygen atoms in total. The molecule has 6 heteroatoms. The zero-order chi connectivity index (χ0) is 22.2. The predicted molar refractivity (Wildman–Crippen MR) is 118 cm³/mol. The molecule has 2 aromatic carbocycles. The highest BCUT2D eigenvalue weighted by molar-refractivity contribution is 6.30. The van der Waals surface area contributed by atoms with Gasteiger partial charge < -0.3 is 15.2 Å². The number of halogens is 1. The number of ketones is 1. The quantitative estimate of drug-likeness (QED) is 0.699. The molecule has 0 aromatic heterocycles. The van der Waals surface area contributed by atoms with E-state index in [-0.39, 0.29) is 22.7 Å². The molecule has 0 bridgehead atoms. The number of nitrogens with zero attached hydrogens (tertiary/aromatic N) is 1. The van der Waals surface area contributed by atoms with E-state index in [4.69, 9.17) is 26.8 Å². The van der Waals surface area contributed by atoms with Crippen molar-refractivity contribution in [2.45, 2.75) is 39.2 Å². The number of nitriles is 1. The average Bonchev–Trinajstić information content (AvgIpc) is 2.71. The number of hydrogen-bond acceptors (Lipinski definition) is 5. The Morgan fingerprint density at radius 1 is 1.23 bits per heavy atom. The number of Topliss-reactive ketones (excluding diaryl/α,β-unsaturated/α-hetero) is 1. The Labute approximate surface area is 186 Å². The maximum atomic E-state index is 13.2. The first-order chi connectivity index (χ1) is 14.8. The second-order valence-corrected chi connectivity index (χ2v) is 9.10. The van der Waals surface area contributed by atoms with Gasteiger partial charge in [0.2, 0.25) is 5.88 Å². The van der Waals surface area contributed by atoms with E-state index in [0.717, 1.165) is 5.56 Å². The zero-order valence-electron chi connectivity index (χ0n) is 17.4. The monoisotopic (exact) mass is 434 g/mol. The summed E-state index contributed by atoms with van der Waals surface area (Å²) in [7, 11) is 0. The van der Waals surface area contributed by atoms with Crippen LogP contribution in [0.5, 0.6) is 5.75 Å². The van der Waals surface area contributed by atoms with E-state index in [2.05, 4.69) is 6.07 Å². The smallest absolute Gasteiger partial charge is 0.205 e. The Kier molecular flexibility index (Phi) is 5.51. The van der Waals surface area contributed by atoms with Crippen molar-refractivity contribution in [3.8, 4) is 11.8 Å². The van der Waals surface area contributed by atoms with Crippen LogP contribution in [-0.2, 0) is 16.1 Å². The molecule has 1 heterocycles. The minimum Gasteiger partial charge on any atom is -0.489 e. The summed E-state index contributed by atoms with van der Waals surface area (Å²) in [6.45, 7) is 4.37. The first-order valence-corrected chi connectivity index (χ1v) is 10.5. The highest BCUT2D eigenvalue weighted by Crippen LogP contribution is 2.49. The van der Waals surface area contributed by atoms with Gasteiger partial charge in [0.25, 0.3) is 0 Å². The van der Waals surface area contributed by atoms with Crippen LogP contribution in [0.3, 0.4) is 0 Å². The second kappa shape index (κ2) is 8.13. The Hall–Kier alpha value is -3.23. The third kappa shape index (κ3) is 4.17. The summed E-state index contributed by atoms with van der Waals surface area (Å²) in [4.78, 5) is 13.2. The van der Waals surface area contributed by atoms with Gasteiger partial charge in [-0.3, -0.25) is 4.79 Å². The lowest BCUT2D eigenvalue weighted by molar-refractivity contribution is -0.119. The molecule has 1 atom stereocenters. The fraction of sp³-hybridized carbons (Fsp3) is 0.280. The fourth-order valence-electron chi connectivity index (χ4n) is 4.21. The number of rotatable bonds is 4. The highest BCUT2D eigenvalue weighted by atomic mass is 35.5. The second-order valence-electron chi connectivity index (χ2n) is 8.66. The third-order valence-corrected chi connectivity index (χ3v) is 5.83. The fourth-order valence-corrected chi connectivity index (χ4v) is 4.39. The van der Waals surface area contributed by atoms with Crippen molar-refractivity contribution in [1.29, 1.82) is 5.26 Å². The van der Waals surface area contributed by atoms with Gasteiger partial charge in [-0.25, -0.2) is 0 Å². The highest BCUT2D eigenvalue weighted by Gasteiger charge is 2.43. The van der Waals surface area contributed by atoms with Crippen molar-refractivity contribution in [2.75, 3.05) is 0 Å². The lowest BCUT2D eigenvalue weighted by atomic mass is 9.70. The van der Waals surface area contributed by atoms with Crippen LogP contribution in [0.1, 0.15) is 43.7 Å². The molecular formula is C25H23ClN2O3. The third-order valence-electron chi connectivity index (χ3n) is 5.60. The molecule has 2 N–H and O–H groups in total. The summed E-state index contributed by atoms with van der Waals surface area (Å²) >= 11 is 6.32.